The van der Waals surface area contributed by atoms with Crippen molar-refractivity contribution in [3.63, 3.8) is 0 Å². The van der Waals surface area contributed by atoms with Gasteiger partial charge in [-0.2, -0.15) is 0 Å². The number of benzene rings is 2. The lowest BCUT2D eigenvalue weighted by atomic mass is 10.2. The Labute approximate surface area is 173 Å². The third-order valence-electron chi connectivity index (χ3n) is 4.27. The molecular formula is C21H18N2O6S. The molecule has 0 fully saturated rings. The predicted molar refractivity (Wildman–Crippen MR) is 109 cm³/mol. The predicted octanol–water partition coefficient (Wildman–Crippen LogP) is 3.14. The number of nitrogens with one attached hydrogen (secondary N) is 2. The Balaban J connectivity index is 1.35. The van der Waals surface area contributed by atoms with Crippen LogP contribution in [-0.4, -0.2) is 21.1 Å². The summed E-state index contributed by atoms with van der Waals surface area (Å²) in [4.78, 5) is 12.2. The van der Waals surface area contributed by atoms with Crippen molar-refractivity contribution in [3.05, 3.63) is 78.3 Å². The van der Waals surface area contributed by atoms with Crippen LogP contribution in [0.15, 0.2) is 76.2 Å². The first-order valence-corrected chi connectivity index (χ1v) is 10.5. The van der Waals surface area contributed by atoms with Crippen molar-refractivity contribution >= 4 is 27.7 Å². The van der Waals surface area contributed by atoms with E-state index in [9.17, 15) is 13.2 Å². The third kappa shape index (κ3) is 4.70. The summed E-state index contributed by atoms with van der Waals surface area (Å²) in [6, 6.07) is 14.7. The molecule has 9 heteroatoms. The number of ether oxygens (including phenoxy) is 2. The molecule has 0 atom stereocenters. The number of hydrogen-bond acceptors (Lipinski definition) is 6. The Morgan fingerprint density at radius 1 is 1.03 bits per heavy atom. The summed E-state index contributed by atoms with van der Waals surface area (Å²) >= 11 is 0. The minimum Gasteiger partial charge on any atom is -0.468 e. The van der Waals surface area contributed by atoms with Gasteiger partial charge in [-0.05, 0) is 48.0 Å². The Morgan fingerprint density at radius 2 is 1.83 bits per heavy atom. The van der Waals surface area contributed by atoms with Crippen LogP contribution in [0.25, 0.3) is 6.08 Å². The van der Waals surface area contributed by atoms with Gasteiger partial charge in [-0.1, -0.05) is 12.1 Å². The van der Waals surface area contributed by atoms with E-state index in [2.05, 4.69) is 10.0 Å². The van der Waals surface area contributed by atoms with E-state index in [0.29, 0.717) is 28.5 Å². The molecule has 0 unspecified atom stereocenters. The Morgan fingerprint density at radius 3 is 2.60 bits per heavy atom. The lowest BCUT2D eigenvalue weighted by Gasteiger charge is -2.06. The summed E-state index contributed by atoms with van der Waals surface area (Å²) in [5.41, 5.74) is 1.26. The molecule has 1 amide bonds. The van der Waals surface area contributed by atoms with Crippen molar-refractivity contribution in [2.75, 3.05) is 12.1 Å². The molecule has 1 aromatic heterocycles. The molecule has 0 spiro atoms. The van der Waals surface area contributed by atoms with Crippen LogP contribution in [0.3, 0.4) is 0 Å². The monoisotopic (exact) mass is 426 g/mol. The number of carbonyl (C=O) groups excluding carboxylic acids is 1. The van der Waals surface area contributed by atoms with E-state index in [1.54, 1.807) is 48.5 Å². The molecule has 8 nitrogen and oxygen atoms in total. The van der Waals surface area contributed by atoms with Crippen LogP contribution in [-0.2, 0) is 21.4 Å². The summed E-state index contributed by atoms with van der Waals surface area (Å²) < 4.78 is 42.8. The molecule has 1 aliphatic rings. The zero-order chi connectivity index (χ0) is 21.0. The highest BCUT2D eigenvalue weighted by atomic mass is 32.2. The molecule has 0 saturated carbocycles. The molecule has 0 aliphatic carbocycles. The summed E-state index contributed by atoms with van der Waals surface area (Å²) in [6.45, 7) is 0.230. The van der Waals surface area contributed by atoms with Crippen molar-refractivity contribution < 1.29 is 27.1 Å². The second-order valence-corrected chi connectivity index (χ2v) is 8.13. The molecular weight excluding hydrogens is 408 g/mol. The van der Waals surface area contributed by atoms with Gasteiger partial charge in [-0.25, -0.2) is 13.1 Å². The fourth-order valence-corrected chi connectivity index (χ4v) is 3.74. The Bertz CT molecular complexity index is 1170. The number of carbonyl (C=O) groups is 1. The molecule has 2 N–H and O–H groups in total. The maximum Gasteiger partial charge on any atom is 0.248 e. The minimum atomic E-state index is -3.67. The van der Waals surface area contributed by atoms with Crippen molar-refractivity contribution in [3.8, 4) is 11.5 Å². The average molecular weight is 426 g/mol. The van der Waals surface area contributed by atoms with Gasteiger partial charge in [0.2, 0.25) is 22.7 Å². The van der Waals surface area contributed by atoms with Gasteiger partial charge in [-0.15, -0.1) is 0 Å². The second-order valence-electron chi connectivity index (χ2n) is 6.36. The van der Waals surface area contributed by atoms with E-state index in [0.717, 1.165) is 0 Å². The molecule has 2 heterocycles. The standard InChI is InChI=1S/C21H18N2O6S/c24-21(23-16-6-9-19-20(12-16)29-14-28-19)10-5-15-3-7-18(8-4-15)30(25,26)22-13-17-2-1-11-27-17/h1-12,22H,13-14H2,(H,23,24)/b10-5-. The topological polar surface area (TPSA) is 107 Å². The highest BCUT2D eigenvalue weighted by Gasteiger charge is 2.15. The first-order chi connectivity index (χ1) is 14.5. The largest absolute Gasteiger partial charge is 0.468 e. The van der Waals surface area contributed by atoms with Crippen molar-refractivity contribution in [2.24, 2.45) is 0 Å². The summed E-state index contributed by atoms with van der Waals surface area (Å²) in [5.74, 6) is 1.41. The van der Waals surface area contributed by atoms with Gasteiger partial charge in [0.1, 0.15) is 5.76 Å². The van der Waals surface area contributed by atoms with E-state index in [1.165, 1.54) is 24.5 Å². The third-order valence-corrected chi connectivity index (χ3v) is 5.69. The number of amides is 1. The molecule has 2 aromatic carbocycles. The quantitative estimate of drug-likeness (QED) is 0.562. The number of sulfonamides is 1. The van der Waals surface area contributed by atoms with Crippen LogP contribution >= 0.6 is 0 Å². The summed E-state index contributed by atoms with van der Waals surface area (Å²) in [7, 11) is -3.67. The van der Waals surface area contributed by atoms with Gasteiger partial charge in [0, 0.05) is 17.8 Å². The van der Waals surface area contributed by atoms with E-state index in [-0.39, 0.29) is 24.1 Å². The van der Waals surface area contributed by atoms with Crippen LogP contribution < -0.4 is 19.5 Å². The van der Waals surface area contributed by atoms with Crippen LogP contribution in [0.4, 0.5) is 5.69 Å². The van der Waals surface area contributed by atoms with Crippen LogP contribution in [0, 0.1) is 0 Å². The second kappa shape index (κ2) is 8.44. The van der Waals surface area contributed by atoms with Gasteiger partial charge >= 0.3 is 0 Å². The van der Waals surface area contributed by atoms with E-state index in [1.807, 2.05) is 0 Å². The number of anilines is 1. The summed E-state index contributed by atoms with van der Waals surface area (Å²) in [6.07, 6.45) is 4.44. The number of rotatable bonds is 7. The zero-order valence-corrected chi connectivity index (χ0v) is 16.5. The first-order valence-electron chi connectivity index (χ1n) is 9.00. The first kappa shape index (κ1) is 19.7. The van der Waals surface area contributed by atoms with E-state index >= 15 is 0 Å². The normalized spacial score (nSPS) is 12.9. The lowest BCUT2D eigenvalue weighted by molar-refractivity contribution is -0.111. The molecule has 1 aliphatic heterocycles. The summed E-state index contributed by atoms with van der Waals surface area (Å²) in [5, 5.41) is 2.73. The zero-order valence-electron chi connectivity index (χ0n) is 15.7. The SMILES string of the molecule is O=C(/C=C\c1ccc(S(=O)(=O)NCc2ccco2)cc1)Nc1ccc2c(c1)OCO2. The van der Waals surface area contributed by atoms with Crippen LogP contribution in [0.2, 0.25) is 0 Å². The smallest absolute Gasteiger partial charge is 0.248 e. The fraction of sp³-hybridized carbons (Fsp3) is 0.0952. The lowest BCUT2D eigenvalue weighted by Crippen LogP contribution is -2.22. The molecule has 3 aromatic rings. The fourth-order valence-electron chi connectivity index (χ4n) is 2.75. The molecule has 154 valence electrons. The van der Waals surface area contributed by atoms with Gasteiger partial charge in [0.15, 0.2) is 11.5 Å². The number of hydrogen-bond donors (Lipinski definition) is 2. The molecule has 0 bridgehead atoms. The Hall–Kier alpha value is -3.56. The highest BCUT2D eigenvalue weighted by Crippen LogP contribution is 2.34. The van der Waals surface area contributed by atoms with E-state index in [4.69, 9.17) is 13.9 Å². The average Bonchev–Trinajstić information content (AvgIpc) is 3.42. The number of furan rings is 1. The van der Waals surface area contributed by atoms with Crippen molar-refractivity contribution in [2.45, 2.75) is 11.4 Å². The van der Waals surface area contributed by atoms with Gasteiger partial charge in [0.25, 0.3) is 0 Å². The minimum absolute atomic E-state index is 0.0665. The van der Waals surface area contributed by atoms with Gasteiger partial charge in [0.05, 0.1) is 17.7 Å². The van der Waals surface area contributed by atoms with Gasteiger partial charge < -0.3 is 19.2 Å². The maximum absolute atomic E-state index is 12.3. The van der Waals surface area contributed by atoms with Crippen LogP contribution in [0.5, 0.6) is 11.5 Å². The van der Waals surface area contributed by atoms with Crippen LogP contribution in [0.1, 0.15) is 11.3 Å². The maximum atomic E-state index is 12.3. The number of fused-ring (bicyclic) bond motifs is 1. The van der Waals surface area contributed by atoms with Gasteiger partial charge in [-0.3, -0.25) is 4.79 Å². The molecule has 0 saturated heterocycles. The molecule has 30 heavy (non-hydrogen) atoms. The van der Waals surface area contributed by atoms with E-state index < -0.39 is 10.0 Å². The highest BCUT2D eigenvalue weighted by molar-refractivity contribution is 7.89. The van der Waals surface area contributed by atoms with Crippen molar-refractivity contribution in [1.29, 1.82) is 0 Å². The van der Waals surface area contributed by atoms with Crippen molar-refractivity contribution in [1.82, 2.24) is 4.72 Å². The molecule has 0 radical (unpaired) electrons. The Kier molecular flexibility index (Phi) is 5.55. The molecule has 4 rings (SSSR count).